The Morgan fingerprint density at radius 2 is 1.90 bits per heavy atom. The third-order valence-electron chi connectivity index (χ3n) is 2.90. The number of carbonyl (C=O) groups is 1. The van der Waals surface area contributed by atoms with Crippen molar-refractivity contribution in [2.75, 3.05) is 5.32 Å². The lowest BCUT2D eigenvalue weighted by atomic mass is 10.1. The number of nitrogens with one attached hydrogen (secondary N) is 2. The molecular formula is C14H9ClN4O2. The summed E-state index contributed by atoms with van der Waals surface area (Å²) in [5.74, 6) is -0.260. The molecular weight excluding hydrogens is 292 g/mol. The molecule has 0 radical (unpaired) electrons. The van der Waals surface area contributed by atoms with Gasteiger partial charge in [-0.05, 0) is 18.2 Å². The van der Waals surface area contributed by atoms with Crippen LogP contribution in [0.5, 0.6) is 0 Å². The van der Waals surface area contributed by atoms with E-state index in [1.807, 2.05) is 0 Å². The van der Waals surface area contributed by atoms with Crippen LogP contribution >= 0.6 is 11.6 Å². The number of hydrogen-bond acceptors (Lipinski definition) is 4. The van der Waals surface area contributed by atoms with Crippen molar-refractivity contribution in [2.45, 2.75) is 0 Å². The first-order chi connectivity index (χ1) is 10.2. The quantitative estimate of drug-likeness (QED) is 0.759. The van der Waals surface area contributed by atoms with Gasteiger partial charge in [0.15, 0.2) is 11.5 Å². The molecule has 3 rings (SSSR count). The number of carbonyl (C=O) groups excluding carboxylic acids is 1. The number of amides is 1. The third kappa shape index (κ3) is 2.48. The largest absolute Gasteiger partial charge is 0.304 e. The predicted molar refractivity (Wildman–Crippen MR) is 79.6 cm³/mol. The Morgan fingerprint density at radius 1 is 1.14 bits per heavy atom. The number of rotatable bonds is 2. The van der Waals surface area contributed by atoms with Gasteiger partial charge in [0, 0.05) is 11.6 Å². The fourth-order valence-corrected chi connectivity index (χ4v) is 2.10. The molecule has 0 fully saturated rings. The van der Waals surface area contributed by atoms with Gasteiger partial charge in [-0.3, -0.25) is 9.59 Å². The van der Waals surface area contributed by atoms with Gasteiger partial charge in [0.05, 0.1) is 10.4 Å². The Kier molecular flexibility index (Phi) is 3.37. The Bertz CT molecular complexity index is 891. The smallest absolute Gasteiger partial charge is 0.277 e. The Balaban J connectivity index is 2.05. The SMILES string of the molecule is O=C(Nc1ncccc1Cl)c1n[nH]c(=O)c2ccccc12. The van der Waals surface area contributed by atoms with E-state index in [4.69, 9.17) is 11.6 Å². The summed E-state index contributed by atoms with van der Waals surface area (Å²) in [6.45, 7) is 0. The predicted octanol–water partition coefficient (Wildman–Crippen LogP) is 2.22. The van der Waals surface area contributed by atoms with E-state index in [9.17, 15) is 9.59 Å². The van der Waals surface area contributed by atoms with E-state index in [0.29, 0.717) is 15.8 Å². The number of anilines is 1. The molecule has 0 saturated carbocycles. The minimum absolute atomic E-state index is 0.104. The number of H-pyrrole nitrogens is 1. The fraction of sp³-hybridized carbons (Fsp3) is 0. The number of halogens is 1. The third-order valence-corrected chi connectivity index (χ3v) is 3.21. The van der Waals surface area contributed by atoms with E-state index in [2.05, 4.69) is 20.5 Å². The molecule has 0 saturated heterocycles. The summed E-state index contributed by atoms with van der Waals surface area (Å²) in [5.41, 5.74) is -0.245. The van der Waals surface area contributed by atoms with Crippen LogP contribution in [0.1, 0.15) is 10.5 Å². The summed E-state index contributed by atoms with van der Waals surface area (Å²) < 4.78 is 0. The lowest BCUT2D eigenvalue weighted by molar-refractivity contribution is 0.102. The molecule has 0 atom stereocenters. The Hall–Kier alpha value is -2.73. The van der Waals surface area contributed by atoms with E-state index in [0.717, 1.165) is 0 Å². The van der Waals surface area contributed by atoms with E-state index < -0.39 is 5.91 Å². The molecule has 0 bridgehead atoms. The molecule has 2 N–H and O–H groups in total. The van der Waals surface area contributed by atoms with E-state index in [1.54, 1.807) is 36.4 Å². The molecule has 21 heavy (non-hydrogen) atoms. The number of hydrogen-bond donors (Lipinski definition) is 2. The van der Waals surface area contributed by atoms with Gasteiger partial charge in [-0.1, -0.05) is 29.8 Å². The van der Waals surface area contributed by atoms with Crippen LogP contribution in [0, 0.1) is 0 Å². The summed E-state index contributed by atoms with van der Waals surface area (Å²) in [5, 5.41) is 9.86. The van der Waals surface area contributed by atoms with Crippen molar-refractivity contribution in [2.24, 2.45) is 0 Å². The van der Waals surface area contributed by atoms with Crippen LogP contribution in [0.4, 0.5) is 5.82 Å². The molecule has 0 unspecified atom stereocenters. The van der Waals surface area contributed by atoms with Crippen molar-refractivity contribution in [1.29, 1.82) is 0 Å². The average Bonchev–Trinajstić information content (AvgIpc) is 2.50. The minimum atomic E-state index is -0.497. The van der Waals surface area contributed by atoms with Crippen LogP contribution < -0.4 is 10.9 Å². The van der Waals surface area contributed by atoms with Crippen LogP contribution in [0.3, 0.4) is 0 Å². The lowest BCUT2D eigenvalue weighted by Crippen LogP contribution is -2.19. The zero-order chi connectivity index (χ0) is 14.8. The highest BCUT2D eigenvalue weighted by Crippen LogP contribution is 2.19. The van der Waals surface area contributed by atoms with E-state index in [-0.39, 0.29) is 17.1 Å². The molecule has 3 aromatic rings. The second kappa shape index (κ2) is 5.34. The van der Waals surface area contributed by atoms with Gasteiger partial charge in [-0.2, -0.15) is 5.10 Å². The van der Waals surface area contributed by atoms with Crippen LogP contribution in [0.15, 0.2) is 47.4 Å². The summed E-state index contributed by atoms with van der Waals surface area (Å²) in [6.07, 6.45) is 1.51. The van der Waals surface area contributed by atoms with Gasteiger partial charge >= 0.3 is 0 Å². The molecule has 2 heterocycles. The van der Waals surface area contributed by atoms with Crippen LogP contribution in [0.25, 0.3) is 10.8 Å². The number of pyridine rings is 1. The molecule has 0 aliphatic rings. The summed E-state index contributed by atoms with van der Waals surface area (Å²) in [4.78, 5) is 28.0. The summed E-state index contributed by atoms with van der Waals surface area (Å²) >= 11 is 5.94. The molecule has 1 amide bonds. The second-order valence-corrected chi connectivity index (χ2v) is 4.64. The highest BCUT2D eigenvalue weighted by molar-refractivity contribution is 6.33. The van der Waals surface area contributed by atoms with Crippen molar-refractivity contribution >= 4 is 34.1 Å². The number of aromatic amines is 1. The standard InChI is InChI=1S/C14H9ClN4O2/c15-10-6-3-7-16-12(10)17-14(21)11-8-4-1-2-5-9(8)13(20)19-18-11/h1-7H,(H,19,20)(H,16,17,21). The number of fused-ring (bicyclic) bond motifs is 1. The van der Waals surface area contributed by atoms with Crippen LogP contribution in [-0.2, 0) is 0 Å². The molecule has 0 spiro atoms. The molecule has 1 aromatic carbocycles. The maximum atomic E-state index is 12.3. The topological polar surface area (TPSA) is 87.7 Å². The Morgan fingerprint density at radius 3 is 2.67 bits per heavy atom. The first kappa shape index (κ1) is 13.3. The highest BCUT2D eigenvalue weighted by atomic mass is 35.5. The van der Waals surface area contributed by atoms with Gasteiger partial charge < -0.3 is 5.32 Å². The first-order valence-electron chi connectivity index (χ1n) is 6.06. The lowest BCUT2D eigenvalue weighted by Gasteiger charge is -2.07. The van der Waals surface area contributed by atoms with Gasteiger partial charge in [0.25, 0.3) is 11.5 Å². The van der Waals surface area contributed by atoms with Gasteiger partial charge in [0.1, 0.15) is 0 Å². The monoisotopic (exact) mass is 300 g/mol. The van der Waals surface area contributed by atoms with E-state index >= 15 is 0 Å². The molecule has 7 heteroatoms. The van der Waals surface area contributed by atoms with Crippen molar-refractivity contribution in [1.82, 2.24) is 15.2 Å². The van der Waals surface area contributed by atoms with Crippen molar-refractivity contribution in [3.8, 4) is 0 Å². The normalized spacial score (nSPS) is 10.5. The van der Waals surface area contributed by atoms with Crippen molar-refractivity contribution in [3.05, 3.63) is 63.7 Å². The maximum Gasteiger partial charge on any atom is 0.277 e. The summed E-state index contributed by atoms with van der Waals surface area (Å²) in [6, 6.07) is 10.0. The molecule has 6 nitrogen and oxygen atoms in total. The van der Waals surface area contributed by atoms with Crippen molar-refractivity contribution in [3.63, 3.8) is 0 Å². The summed E-state index contributed by atoms with van der Waals surface area (Å²) in [7, 11) is 0. The number of aromatic nitrogens is 3. The molecule has 0 aliphatic heterocycles. The first-order valence-corrected chi connectivity index (χ1v) is 6.44. The van der Waals surface area contributed by atoms with E-state index in [1.165, 1.54) is 6.20 Å². The van der Waals surface area contributed by atoms with Gasteiger partial charge in [0.2, 0.25) is 0 Å². The van der Waals surface area contributed by atoms with Crippen molar-refractivity contribution < 1.29 is 4.79 Å². The number of benzene rings is 1. The zero-order valence-corrected chi connectivity index (χ0v) is 11.4. The second-order valence-electron chi connectivity index (χ2n) is 4.23. The van der Waals surface area contributed by atoms with Gasteiger partial charge in [-0.15, -0.1) is 0 Å². The molecule has 0 aliphatic carbocycles. The van der Waals surface area contributed by atoms with Crippen LogP contribution in [-0.4, -0.2) is 21.1 Å². The van der Waals surface area contributed by atoms with Gasteiger partial charge in [-0.25, -0.2) is 10.1 Å². The minimum Gasteiger partial charge on any atom is -0.304 e. The average molecular weight is 301 g/mol. The Labute approximate surface area is 123 Å². The zero-order valence-electron chi connectivity index (χ0n) is 10.6. The highest BCUT2D eigenvalue weighted by Gasteiger charge is 2.15. The number of nitrogens with zero attached hydrogens (tertiary/aromatic N) is 2. The van der Waals surface area contributed by atoms with Crippen LogP contribution in [0.2, 0.25) is 5.02 Å². The molecule has 104 valence electrons. The fourth-order valence-electron chi connectivity index (χ4n) is 1.93. The molecule has 2 aromatic heterocycles. The maximum absolute atomic E-state index is 12.3.